The van der Waals surface area contributed by atoms with Crippen LogP contribution >= 0.6 is 0 Å². The molecule has 3 nitrogen and oxygen atoms in total. The van der Waals surface area contributed by atoms with E-state index >= 15 is 0 Å². The van der Waals surface area contributed by atoms with E-state index in [-0.39, 0.29) is 12.1 Å². The van der Waals surface area contributed by atoms with Crippen LogP contribution < -0.4 is 0 Å². The lowest BCUT2D eigenvalue weighted by molar-refractivity contribution is -0.137. The van der Waals surface area contributed by atoms with Gasteiger partial charge in [0, 0.05) is 6.08 Å². The maximum atomic E-state index is 11.3. The Hall–Kier alpha value is -0.873. The molecular formula is C20H38O3Si. The molecule has 0 aromatic rings. The average Bonchev–Trinajstić information content (AvgIpc) is 2.49. The number of esters is 1. The summed E-state index contributed by atoms with van der Waals surface area (Å²) in [4.78, 5) is 11.3. The standard InChI is InChI=1S/C20H38O3Si/c1-9-19(14-12-11-13-15-20(21)22-10-2)23-24(16(3)4,17(5)6)18(7)8/h9,13,15-19H,1,10-12,14H2,2-8H3/b15-13+/t19-/m1/s1. The molecule has 4 heteroatoms. The predicted molar refractivity (Wildman–Crippen MR) is 106 cm³/mol. The van der Waals surface area contributed by atoms with Crippen molar-refractivity contribution in [1.82, 2.24) is 0 Å². The Morgan fingerprint density at radius 3 is 2.04 bits per heavy atom. The zero-order chi connectivity index (χ0) is 18.8. The van der Waals surface area contributed by atoms with E-state index in [0.29, 0.717) is 23.2 Å². The van der Waals surface area contributed by atoms with Gasteiger partial charge in [-0.3, -0.25) is 0 Å². The second-order valence-electron chi connectivity index (χ2n) is 7.29. The molecule has 0 spiro atoms. The molecule has 1 atom stereocenters. The smallest absolute Gasteiger partial charge is 0.330 e. The summed E-state index contributed by atoms with van der Waals surface area (Å²) in [5, 5.41) is 0. The monoisotopic (exact) mass is 354 g/mol. The third-order valence-corrected chi connectivity index (χ3v) is 10.9. The van der Waals surface area contributed by atoms with E-state index in [9.17, 15) is 4.79 Å². The molecule has 0 radical (unpaired) electrons. The largest absolute Gasteiger partial charge is 0.463 e. The predicted octanol–water partition coefficient (Wildman–Crippen LogP) is 6.02. The number of hydrogen-bond acceptors (Lipinski definition) is 3. The van der Waals surface area contributed by atoms with E-state index in [1.165, 1.54) is 6.08 Å². The molecule has 0 aromatic heterocycles. The maximum absolute atomic E-state index is 11.3. The highest BCUT2D eigenvalue weighted by atomic mass is 28.4. The Balaban J connectivity index is 4.68. The van der Waals surface area contributed by atoms with Crippen molar-refractivity contribution in [2.75, 3.05) is 6.61 Å². The minimum atomic E-state index is -1.87. The molecule has 0 saturated heterocycles. The van der Waals surface area contributed by atoms with Gasteiger partial charge >= 0.3 is 5.97 Å². The fourth-order valence-corrected chi connectivity index (χ4v) is 9.26. The third kappa shape index (κ3) is 6.94. The van der Waals surface area contributed by atoms with Gasteiger partial charge in [0.1, 0.15) is 0 Å². The van der Waals surface area contributed by atoms with Crippen molar-refractivity contribution < 1.29 is 14.0 Å². The van der Waals surface area contributed by atoms with Gasteiger partial charge < -0.3 is 9.16 Å². The van der Waals surface area contributed by atoms with Gasteiger partial charge in [-0.05, 0) is 42.8 Å². The average molecular weight is 355 g/mol. The van der Waals surface area contributed by atoms with E-state index in [1.54, 1.807) is 0 Å². The lowest BCUT2D eigenvalue weighted by atomic mass is 10.1. The fourth-order valence-electron chi connectivity index (χ4n) is 3.70. The highest BCUT2D eigenvalue weighted by molar-refractivity contribution is 6.77. The Labute approximate surface area is 150 Å². The van der Waals surface area contributed by atoms with Crippen LogP contribution in [0.25, 0.3) is 0 Å². The molecule has 0 heterocycles. The van der Waals surface area contributed by atoms with Crippen LogP contribution in [-0.2, 0) is 14.0 Å². The molecular weight excluding hydrogens is 316 g/mol. The molecule has 0 saturated carbocycles. The number of allylic oxidation sites excluding steroid dienone is 1. The Morgan fingerprint density at radius 1 is 1.08 bits per heavy atom. The molecule has 0 aliphatic heterocycles. The molecule has 140 valence electrons. The minimum absolute atomic E-state index is 0.0971. The van der Waals surface area contributed by atoms with Gasteiger partial charge in [-0.2, -0.15) is 0 Å². The maximum Gasteiger partial charge on any atom is 0.330 e. The summed E-state index contributed by atoms with van der Waals surface area (Å²) in [7, 11) is -1.87. The van der Waals surface area contributed by atoms with Crippen LogP contribution in [0.5, 0.6) is 0 Å². The summed E-state index contributed by atoms with van der Waals surface area (Å²) in [5.74, 6) is -0.264. The molecule has 0 aromatic carbocycles. The van der Waals surface area contributed by atoms with Crippen LogP contribution in [0.4, 0.5) is 0 Å². The zero-order valence-electron chi connectivity index (χ0n) is 16.8. The number of rotatable bonds is 12. The van der Waals surface area contributed by atoms with Crippen molar-refractivity contribution in [3.63, 3.8) is 0 Å². The van der Waals surface area contributed by atoms with Crippen LogP contribution in [0.2, 0.25) is 16.6 Å². The quantitative estimate of drug-likeness (QED) is 0.141. The summed E-state index contributed by atoms with van der Waals surface area (Å²) in [5.41, 5.74) is 1.72. The van der Waals surface area contributed by atoms with E-state index in [0.717, 1.165) is 19.3 Å². The van der Waals surface area contributed by atoms with Gasteiger partial charge in [0.15, 0.2) is 0 Å². The van der Waals surface area contributed by atoms with E-state index in [2.05, 4.69) is 48.1 Å². The van der Waals surface area contributed by atoms with Gasteiger partial charge in [0.05, 0.1) is 12.7 Å². The van der Waals surface area contributed by atoms with Gasteiger partial charge in [-0.1, -0.05) is 53.7 Å². The Morgan fingerprint density at radius 2 is 1.62 bits per heavy atom. The summed E-state index contributed by atoms with van der Waals surface area (Å²) in [6, 6.07) is 0. The van der Waals surface area contributed by atoms with E-state index < -0.39 is 8.32 Å². The molecule has 0 aliphatic rings. The normalized spacial score (nSPS) is 13.9. The number of unbranched alkanes of at least 4 members (excludes halogenated alkanes) is 1. The highest BCUT2D eigenvalue weighted by Gasteiger charge is 2.46. The first-order chi connectivity index (χ1) is 11.2. The van der Waals surface area contributed by atoms with Crippen LogP contribution in [0.1, 0.15) is 67.7 Å². The van der Waals surface area contributed by atoms with Crippen LogP contribution in [-0.4, -0.2) is 27.0 Å². The first-order valence-electron chi connectivity index (χ1n) is 9.35. The second-order valence-corrected chi connectivity index (χ2v) is 12.7. The minimum Gasteiger partial charge on any atom is -0.463 e. The van der Waals surface area contributed by atoms with E-state index in [1.807, 2.05) is 19.1 Å². The number of carbonyl (C=O) groups is 1. The van der Waals surface area contributed by atoms with Crippen molar-refractivity contribution in [1.29, 1.82) is 0 Å². The number of ether oxygens (including phenoxy) is 1. The molecule has 0 fully saturated rings. The lowest BCUT2D eigenvalue weighted by Gasteiger charge is -2.44. The highest BCUT2D eigenvalue weighted by Crippen LogP contribution is 2.43. The van der Waals surface area contributed by atoms with Gasteiger partial charge in [0.2, 0.25) is 8.32 Å². The van der Waals surface area contributed by atoms with Crippen LogP contribution in [0.3, 0.4) is 0 Å². The SMILES string of the molecule is C=C[C@H](CCC/C=C/C(=O)OCC)O[Si](C(C)C)(C(C)C)C(C)C. The van der Waals surface area contributed by atoms with Crippen molar-refractivity contribution >= 4 is 14.3 Å². The topological polar surface area (TPSA) is 35.5 Å². The molecule has 0 bridgehead atoms. The molecule has 0 rings (SSSR count). The molecule has 0 aliphatic carbocycles. The van der Waals surface area contributed by atoms with Crippen molar-refractivity contribution in [2.24, 2.45) is 0 Å². The van der Waals surface area contributed by atoms with Gasteiger partial charge in [-0.25, -0.2) is 4.79 Å². The van der Waals surface area contributed by atoms with Gasteiger partial charge in [-0.15, -0.1) is 6.58 Å². The number of hydrogen-bond donors (Lipinski definition) is 0. The number of carbonyl (C=O) groups excluding carboxylic acids is 1. The second kappa shape index (κ2) is 11.6. The molecule has 24 heavy (non-hydrogen) atoms. The summed E-state index contributed by atoms with van der Waals surface area (Å²) < 4.78 is 11.6. The summed E-state index contributed by atoms with van der Waals surface area (Å²) >= 11 is 0. The molecule has 0 unspecified atom stereocenters. The van der Waals surface area contributed by atoms with Crippen molar-refractivity contribution in [3.8, 4) is 0 Å². The Bertz CT molecular complexity index is 378. The lowest BCUT2D eigenvalue weighted by Crippen LogP contribution is -2.49. The fraction of sp³-hybridized carbons (Fsp3) is 0.750. The molecule has 0 amide bonds. The summed E-state index contributed by atoms with van der Waals surface area (Å²) in [6.07, 6.45) is 8.22. The summed E-state index contributed by atoms with van der Waals surface area (Å²) in [6.45, 7) is 20.0. The third-order valence-electron chi connectivity index (χ3n) is 4.73. The first-order valence-corrected chi connectivity index (χ1v) is 11.5. The first kappa shape index (κ1) is 23.1. The molecule has 0 N–H and O–H groups in total. The van der Waals surface area contributed by atoms with Gasteiger partial charge in [0.25, 0.3) is 0 Å². The van der Waals surface area contributed by atoms with E-state index in [4.69, 9.17) is 9.16 Å². The van der Waals surface area contributed by atoms with Crippen molar-refractivity contribution in [3.05, 3.63) is 24.8 Å². The van der Waals surface area contributed by atoms with Crippen LogP contribution in [0.15, 0.2) is 24.8 Å². The van der Waals surface area contributed by atoms with Crippen molar-refractivity contribution in [2.45, 2.75) is 90.5 Å². The zero-order valence-corrected chi connectivity index (χ0v) is 17.8. The Kier molecular flexibility index (Phi) is 11.2. The van der Waals surface area contributed by atoms with Crippen LogP contribution in [0, 0.1) is 0 Å².